The zero-order valence-corrected chi connectivity index (χ0v) is 18.4. The first kappa shape index (κ1) is 21.7. The van der Waals surface area contributed by atoms with Gasteiger partial charge in [-0.25, -0.2) is 8.78 Å². The highest BCUT2D eigenvalue weighted by Gasteiger charge is 2.22. The minimum Gasteiger partial charge on any atom is -0.489 e. The van der Waals surface area contributed by atoms with E-state index in [-0.39, 0.29) is 17.5 Å². The van der Waals surface area contributed by atoms with Crippen LogP contribution in [0.1, 0.15) is 26.2 Å². The van der Waals surface area contributed by atoms with Gasteiger partial charge in [0.15, 0.2) is 11.6 Å². The number of anilines is 1. The van der Waals surface area contributed by atoms with Crippen molar-refractivity contribution in [1.29, 1.82) is 0 Å². The molecule has 0 amide bonds. The van der Waals surface area contributed by atoms with Crippen LogP contribution in [0.4, 0.5) is 14.5 Å². The monoisotopic (exact) mass is 448 g/mol. The van der Waals surface area contributed by atoms with Crippen molar-refractivity contribution >= 4 is 17.6 Å². The Kier molecular flexibility index (Phi) is 6.82. The Labute approximate surface area is 184 Å². The summed E-state index contributed by atoms with van der Waals surface area (Å²) in [6, 6.07) is 4.59. The first-order chi connectivity index (χ1) is 15.1. The summed E-state index contributed by atoms with van der Waals surface area (Å²) in [6.45, 7) is 3.44. The Balaban J connectivity index is 1.56. The van der Waals surface area contributed by atoms with Gasteiger partial charge in [-0.1, -0.05) is 18.9 Å². The van der Waals surface area contributed by atoms with Crippen LogP contribution in [0, 0.1) is 11.6 Å². The predicted octanol–water partition coefficient (Wildman–Crippen LogP) is 5.18. The fourth-order valence-electron chi connectivity index (χ4n) is 3.49. The molecule has 1 N–H and O–H groups in total. The molecule has 1 aliphatic rings. The Bertz CT molecular complexity index is 1030. The topological polar surface area (TPSA) is 53.2 Å². The third-order valence-electron chi connectivity index (χ3n) is 5.18. The van der Waals surface area contributed by atoms with Gasteiger partial charge in [0, 0.05) is 37.4 Å². The maximum absolute atomic E-state index is 15.0. The van der Waals surface area contributed by atoms with E-state index in [1.54, 1.807) is 30.3 Å². The molecule has 0 spiro atoms. The van der Waals surface area contributed by atoms with Gasteiger partial charge >= 0.3 is 0 Å². The molecule has 1 aliphatic heterocycles. The summed E-state index contributed by atoms with van der Waals surface area (Å²) in [5, 5.41) is 0. The summed E-state index contributed by atoms with van der Waals surface area (Å²) in [5.41, 5.74) is 1.76. The second-order valence-electron chi connectivity index (χ2n) is 7.43. The average molecular weight is 449 g/mol. The first-order valence-electron chi connectivity index (χ1n) is 10.4. The average Bonchev–Trinajstić information content (AvgIpc) is 2.78. The molecule has 4 rings (SSSR count). The molecule has 0 bridgehead atoms. The number of halogens is 2. The molecule has 0 atom stereocenters. The molecule has 1 fully saturated rings. The summed E-state index contributed by atoms with van der Waals surface area (Å²) in [5.74, 6) is 0.258. The molecular weight excluding hydrogens is 422 g/mol. The second-order valence-corrected chi connectivity index (χ2v) is 8.33. The van der Waals surface area contributed by atoms with Gasteiger partial charge in [-0.15, -0.1) is 0 Å². The van der Waals surface area contributed by atoms with Crippen LogP contribution in [-0.2, 0) is 11.8 Å². The lowest BCUT2D eigenvalue weighted by molar-refractivity contribution is 0.0254. The van der Waals surface area contributed by atoms with E-state index >= 15 is 4.39 Å². The number of hydrogen-bond acceptors (Lipinski definition) is 5. The van der Waals surface area contributed by atoms with Gasteiger partial charge in [0.25, 0.3) is 0 Å². The van der Waals surface area contributed by atoms with Crippen molar-refractivity contribution in [2.75, 3.05) is 23.7 Å². The van der Waals surface area contributed by atoms with Crippen LogP contribution < -0.4 is 9.46 Å². The van der Waals surface area contributed by atoms with Gasteiger partial charge < -0.3 is 14.2 Å². The number of nitrogens with one attached hydrogen (secondary N) is 1. The quantitative estimate of drug-likeness (QED) is 0.380. The van der Waals surface area contributed by atoms with Crippen LogP contribution in [0.5, 0.6) is 5.75 Å². The molecule has 0 unspecified atom stereocenters. The molecule has 6 nitrogen and oxygen atoms in total. The third kappa shape index (κ3) is 4.72. The summed E-state index contributed by atoms with van der Waals surface area (Å²) >= 11 is 1.40. The highest BCUT2D eigenvalue weighted by atomic mass is 32.2. The fourth-order valence-corrected chi connectivity index (χ4v) is 4.11. The van der Waals surface area contributed by atoms with Crippen molar-refractivity contribution in [3.05, 3.63) is 48.4 Å². The van der Waals surface area contributed by atoms with Gasteiger partial charge in [-0.05, 0) is 24.6 Å². The Morgan fingerprint density at radius 1 is 1.26 bits per heavy atom. The Hall–Kier alpha value is -2.52. The van der Waals surface area contributed by atoms with Gasteiger partial charge in [0.1, 0.15) is 17.5 Å². The van der Waals surface area contributed by atoms with Crippen molar-refractivity contribution in [2.45, 2.75) is 32.3 Å². The smallest absolute Gasteiger partial charge is 0.175 e. The van der Waals surface area contributed by atoms with Crippen molar-refractivity contribution in [3.63, 3.8) is 0 Å². The van der Waals surface area contributed by atoms with Crippen LogP contribution in [0.2, 0.25) is 0 Å². The Morgan fingerprint density at radius 2 is 2.06 bits per heavy atom. The SMILES string of the molecule is CCCSNc1ccc(F)c(-n2cc(-c3cncc(OC4CCOCC4)c3)n2C)c1F. The van der Waals surface area contributed by atoms with Crippen molar-refractivity contribution in [2.24, 2.45) is 7.05 Å². The van der Waals surface area contributed by atoms with E-state index in [2.05, 4.69) is 9.71 Å². The number of ether oxygens (including phenoxy) is 2. The molecular formula is C22H26F2N4O2S. The van der Waals surface area contributed by atoms with Gasteiger partial charge in [0.2, 0.25) is 0 Å². The van der Waals surface area contributed by atoms with Crippen molar-refractivity contribution in [1.82, 2.24) is 14.3 Å². The highest BCUT2D eigenvalue weighted by molar-refractivity contribution is 8.00. The first-order valence-corrected chi connectivity index (χ1v) is 11.4. The molecule has 0 radical (unpaired) electrons. The zero-order valence-electron chi connectivity index (χ0n) is 17.6. The lowest BCUT2D eigenvalue weighted by atomic mass is 10.1. The zero-order chi connectivity index (χ0) is 21.8. The van der Waals surface area contributed by atoms with E-state index in [9.17, 15) is 4.39 Å². The number of nitrogens with zero attached hydrogens (tertiary/aromatic N) is 3. The molecule has 0 aliphatic carbocycles. The molecule has 2 aromatic heterocycles. The molecule has 3 aromatic rings. The molecule has 3 heterocycles. The molecule has 31 heavy (non-hydrogen) atoms. The highest BCUT2D eigenvalue weighted by Crippen LogP contribution is 2.31. The van der Waals surface area contributed by atoms with Gasteiger partial charge in [0.05, 0.1) is 37.0 Å². The summed E-state index contributed by atoms with van der Waals surface area (Å²) in [6.07, 6.45) is 7.85. The van der Waals surface area contributed by atoms with Crippen molar-refractivity contribution in [3.8, 4) is 22.7 Å². The minimum atomic E-state index is -0.625. The third-order valence-corrected chi connectivity index (χ3v) is 6.16. The number of pyridine rings is 1. The van der Waals surface area contributed by atoms with Crippen LogP contribution >= 0.6 is 11.9 Å². The maximum Gasteiger partial charge on any atom is 0.175 e. The Morgan fingerprint density at radius 3 is 2.81 bits per heavy atom. The van der Waals surface area contributed by atoms with Crippen LogP contribution in [0.25, 0.3) is 16.9 Å². The summed E-state index contributed by atoms with van der Waals surface area (Å²) in [7, 11) is 1.76. The second kappa shape index (κ2) is 9.74. The van der Waals surface area contributed by atoms with Gasteiger partial charge in [-0.3, -0.25) is 14.3 Å². The fraction of sp³-hybridized carbons (Fsp3) is 0.409. The molecule has 9 heteroatoms. The largest absolute Gasteiger partial charge is 0.489 e. The number of rotatable bonds is 8. The van der Waals surface area contributed by atoms with E-state index in [1.165, 1.54) is 28.8 Å². The van der Waals surface area contributed by atoms with Crippen molar-refractivity contribution < 1.29 is 18.3 Å². The number of hydrogen-bond donors (Lipinski definition) is 1. The standard InChI is InChI=1S/C22H26F2N4O2S/c1-3-10-31-26-19-5-4-18(23)22(21(19)24)28-14-20(27(28)2)15-11-17(13-25-12-15)30-16-6-8-29-9-7-16/h4-5,11-14,16,26H,3,6-10H2,1-2H3. The van der Waals surface area contributed by atoms with E-state index < -0.39 is 11.6 Å². The maximum atomic E-state index is 15.0. The van der Waals surface area contributed by atoms with Gasteiger partial charge in [-0.2, -0.15) is 0 Å². The van der Waals surface area contributed by atoms with Crippen LogP contribution in [0.3, 0.4) is 0 Å². The van der Waals surface area contributed by atoms with E-state index in [4.69, 9.17) is 9.47 Å². The number of aromatic nitrogens is 3. The molecule has 166 valence electrons. The molecule has 0 saturated carbocycles. The lowest BCUT2D eigenvalue weighted by Crippen LogP contribution is -2.26. The lowest BCUT2D eigenvalue weighted by Gasteiger charge is -2.26. The summed E-state index contributed by atoms with van der Waals surface area (Å²) in [4.78, 5) is 4.27. The number of benzene rings is 1. The predicted molar refractivity (Wildman–Crippen MR) is 119 cm³/mol. The minimum absolute atomic E-state index is 0.111. The van der Waals surface area contributed by atoms with E-state index in [1.807, 2.05) is 13.0 Å². The summed E-state index contributed by atoms with van der Waals surface area (Å²) < 4.78 is 47.0. The molecule has 1 saturated heterocycles. The normalized spacial score (nSPS) is 14.7. The molecule has 1 aromatic carbocycles. The van der Waals surface area contributed by atoms with Crippen LogP contribution in [0.15, 0.2) is 36.8 Å². The van der Waals surface area contributed by atoms with E-state index in [0.29, 0.717) is 19.0 Å². The van der Waals surface area contributed by atoms with E-state index in [0.717, 1.165) is 36.3 Å². The van der Waals surface area contributed by atoms with Crippen LogP contribution in [-0.4, -0.2) is 39.4 Å².